The fourth-order valence-electron chi connectivity index (χ4n) is 2.16. The molecule has 0 saturated carbocycles. The van der Waals surface area contributed by atoms with Crippen molar-refractivity contribution in [3.63, 3.8) is 0 Å². The van der Waals surface area contributed by atoms with E-state index < -0.39 is 0 Å². The Labute approximate surface area is 139 Å². The zero-order chi connectivity index (χ0) is 17.5. The molecule has 1 unspecified atom stereocenters. The highest BCUT2D eigenvalue weighted by atomic mass is 19.1. The second kappa shape index (κ2) is 8.30. The van der Waals surface area contributed by atoms with Gasteiger partial charge in [-0.25, -0.2) is 4.39 Å². The van der Waals surface area contributed by atoms with Crippen LogP contribution in [-0.2, 0) is 4.79 Å². The van der Waals surface area contributed by atoms with Gasteiger partial charge in [0.25, 0.3) is 5.91 Å². The SMILES string of the molecule is Cc1nnnn1/C(=C\c1ccc(F)cc1)C(=O)NC(C)CCCO. The molecule has 1 aromatic carbocycles. The number of amides is 1. The highest BCUT2D eigenvalue weighted by molar-refractivity contribution is 6.18. The third-order valence-electron chi connectivity index (χ3n) is 3.43. The van der Waals surface area contributed by atoms with E-state index >= 15 is 0 Å². The van der Waals surface area contributed by atoms with Gasteiger partial charge in [0.15, 0.2) is 5.82 Å². The highest BCUT2D eigenvalue weighted by Gasteiger charge is 2.18. The van der Waals surface area contributed by atoms with E-state index in [0.717, 1.165) is 0 Å². The molecular weight excluding hydrogens is 313 g/mol. The maximum Gasteiger partial charge on any atom is 0.270 e. The van der Waals surface area contributed by atoms with Crippen LogP contribution in [0.15, 0.2) is 24.3 Å². The molecule has 2 rings (SSSR count). The third-order valence-corrected chi connectivity index (χ3v) is 3.43. The van der Waals surface area contributed by atoms with Crippen molar-refractivity contribution >= 4 is 17.7 Å². The van der Waals surface area contributed by atoms with Crippen molar-refractivity contribution in [1.29, 1.82) is 0 Å². The number of tetrazole rings is 1. The number of aliphatic hydroxyl groups is 1. The first-order chi connectivity index (χ1) is 11.5. The zero-order valence-corrected chi connectivity index (χ0v) is 13.6. The molecule has 1 heterocycles. The minimum Gasteiger partial charge on any atom is -0.396 e. The van der Waals surface area contributed by atoms with Crippen LogP contribution in [0.2, 0.25) is 0 Å². The van der Waals surface area contributed by atoms with Gasteiger partial charge in [0, 0.05) is 12.6 Å². The maximum absolute atomic E-state index is 13.1. The Morgan fingerprint density at radius 3 is 2.71 bits per heavy atom. The summed E-state index contributed by atoms with van der Waals surface area (Å²) in [6.45, 7) is 3.61. The van der Waals surface area contributed by atoms with Gasteiger partial charge in [-0.15, -0.1) is 5.10 Å². The fourth-order valence-corrected chi connectivity index (χ4v) is 2.16. The van der Waals surface area contributed by atoms with E-state index in [1.165, 1.54) is 16.8 Å². The number of benzene rings is 1. The molecule has 128 valence electrons. The quantitative estimate of drug-likeness (QED) is 0.747. The van der Waals surface area contributed by atoms with Crippen molar-refractivity contribution in [2.24, 2.45) is 0 Å². The van der Waals surface area contributed by atoms with Crippen LogP contribution in [0.4, 0.5) is 4.39 Å². The van der Waals surface area contributed by atoms with E-state index in [9.17, 15) is 9.18 Å². The maximum atomic E-state index is 13.1. The van der Waals surface area contributed by atoms with Crippen molar-refractivity contribution in [2.45, 2.75) is 32.7 Å². The van der Waals surface area contributed by atoms with Gasteiger partial charge < -0.3 is 10.4 Å². The average Bonchev–Trinajstić information content (AvgIpc) is 2.98. The molecule has 2 aromatic rings. The lowest BCUT2D eigenvalue weighted by atomic mass is 10.1. The number of nitrogens with zero attached hydrogens (tertiary/aromatic N) is 4. The van der Waals surface area contributed by atoms with Crippen LogP contribution in [0.3, 0.4) is 0 Å². The van der Waals surface area contributed by atoms with Gasteiger partial charge in [-0.1, -0.05) is 12.1 Å². The summed E-state index contributed by atoms with van der Waals surface area (Å²) in [5, 5.41) is 22.9. The molecule has 24 heavy (non-hydrogen) atoms. The van der Waals surface area contributed by atoms with Crippen molar-refractivity contribution in [3.8, 4) is 0 Å². The summed E-state index contributed by atoms with van der Waals surface area (Å²) in [5.41, 5.74) is 0.888. The number of halogens is 1. The molecule has 0 fully saturated rings. The van der Waals surface area contributed by atoms with Crippen molar-refractivity contribution < 1.29 is 14.3 Å². The normalized spacial score (nSPS) is 12.9. The summed E-state index contributed by atoms with van der Waals surface area (Å²) in [5.74, 6) is -0.240. The predicted octanol–water partition coefficient (Wildman–Crippen LogP) is 1.40. The second-order valence-electron chi connectivity index (χ2n) is 5.46. The van der Waals surface area contributed by atoms with Crippen molar-refractivity contribution in [1.82, 2.24) is 25.5 Å². The number of aliphatic hydroxyl groups excluding tert-OH is 1. The zero-order valence-electron chi connectivity index (χ0n) is 13.6. The summed E-state index contributed by atoms with van der Waals surface area (Å²) in [4.78, 5) is 12.6. The molecule has 0 bridgehead atoms. The van der Waals surface area contributed by atoms with E-state index in [2.05, 4.69) is 20.8 Å². The summed E-state index contributed by atoms with van der Waals surface area (Å²) < 4.78 is 14.4. The minimum atomic E-state index is -0.352. The van der Waals surface area contributed by atoms with Gasteiger partial charge in [0.2, 0.25) is 0 Å². The number of carbonyl (C=O) groups is 1. The van der Waals surface area contributed by atoms with Crippen LogP contribution >= 0.6 is 0 Å². The molecule has 1 atom stereocenters. The van der Waals surface area contributed by atoms with Crippen LogP contribution in [0, 0.1) is 12.7 Å². The monoisotopic (exact) mass is 333 g/mol. The molecule has 0 aliphatic heterocycles. The second-order valence-corrected chi connectivity index (χ2v) is 5.46. The molecule has 7 nitrogen and oxygen atoms in total. The summed E-state index contributed by atoms with van der Waals surface area (Å²) in [6, 6.07) is 5.66. The van der Waals surface area contributed by atoms with Gasteiger partial charge >= 0.3 is 0 Å². The smallest absolute Gasteiger partial charge is 0.270 e. The first-order valence-electron chi connectivity index (χ1n) is 7.65. The van der Waals surface area contributed by atoms with Crippen LogP contribution in [-0.4, -0.2) is 43.9 Å². The topological polar surface area (TPSA) is 92.9 Å². The Morgan fingerprint density at radius 2 is 2.12 bits per heavy atom. The summed E-state index contributed by atoms with van der Waals surface area (Å²) in [7, 11) is 0. The van der Waals surface area contributed by atoms with E-state index in [1.54, 1.807) is 25.1 Å². The molecule has 1 amide bonds. The first-order valence-corrected chi connectivity index (χ1v) is 7.65. The third kappa shape index (κ3) is 4.69. The molecule has 2 N–H and O–H groups in total. The molecule has 0 aliphatic carbocycles. The molecule has 8 heteroatoms. The lowest BCUT2D eigenvalue weighted by Gasteiger charge is -2.15. The molecule has 0 spiro atoms. The summed E-state index contributed by atoms with van der Waals surface area (Å²) in [6.07, 6.45) is 2.85. The number of carbonyl (C=O) groups excluding carboxylic acids is 1. The van der Waals surface area contributed by atoms with Gasteiger partial charge in [0.05, 0.1) is 0 Å². The average molecular weight is 333 g/mol. The Hall–Kier alpha value is -2.61. The number of hydrogen-bond acceptors (Lipinski definition) is 5. The molecule has 0 saturated heterocycles. The fraction of sp³-hybridized carbons (Fsp3) is 0.375. The first kappa shape index (κ1) is 17.7. The number of rotatable bonds is 7. The Balaban J connectivity index is 2.28. The van der Waals surface area contributed by atoms with Crippen molar-refractivity contribution in [2.75, 3.05) is 6.61 Å². The Morgan fingerprint density at radius 1 is 1.42 bits per heavy atom. The van der Waals surface area contributed by atoms with E-state index in [1.807, 2.05) is 6.92 Å². The van der Waals surface area contributed by atoms with Crippen LogP contribution in [0.5, 0.6) is 0 Å². The molecule has 0 aliphatic rings. The van der Waals surface area contributed by atoms with Crippen LogP contribution < -0.4 is 5.32 Å². The highest BCUT2D eigenvalue weighted by Crippen LogP contribution is 2.13. The molecule has 1 aromatic heterocycles. The standard InChI is InChI=1S/C16H20FN5O2/c1-11(4-3-9-23)18-16(24)15(22-12(2)19-20-21-22)10-13-5-7-14(17)8-6-13/h5-8,10-11,23H,3-4,9H2,1-2H3,(H,18,24)/b15-10-. The van der Waals surface area contributed by atoms with Gasteiger partial charge in [-0.2, -0.15) is 4.68 Å². The van der Waals surface area contributed by atoms with Gasteiger partial charge in [-0.05, 0) is 60.9 Å². The predicted molar refractivity (Wildman–Crippen MR) is 87.0 cm³/mol. The summed E-state index contributed by atoms with van der Waals surface area (Å²) >= 11 is 0. The largest absolute Gasteiger partial charge is 0.396 e. The van der Waals surface area contributed by atoms with Gasteiger partial charge in [-0.3, -0.25) is 4.79 Å². The molecular formula is C16H20FN5O2. The van der Waals surface area contributed by atoms with Gasteiger partial charge in [0.1, 0.15) is 11.5 Å². The van der Waals surface area contributed by atoms with E-state index in [0.29, 0.717) is 24.2 Å². The van der Waals surface area contributed by atoms with Crippen LogP contribution in [0.1, 0.15) is 31.2 Å². The Kier molecular flexibility index (Phi) is 6.14. The van der Waals surface area contributed by atoms with Crippen LogP contribution in [0.25, 0.3) is 11.8 Å². The molecule has 0 radical (unpaired) electrons. The Bertz CT molecular complexity index is 712. The minimum absolute atomic E-state index is 0.0740. The number of aromatic nitrogens is 4. The lowest BCUT2D eigenvalue weighted by Crippen LogP contribution is -2.35. The number of nitrogens with one attached hydrogen (secondary N) is 1. The van der Waals surface area contributed by atoms with E-state index in [4.69, 9.17) is 5.11 Å². The number of aryl methyl sites for hydroxylation is 1. The lowest BCUT2D eigenvalue weighted by molar-refractivity contribution is -0.116. The van der Waals surface area contributed by atoms with E-state index in [-0.39, 0.29) is 30.1 Å². The van der Waals surface area contributed by atoms with Crippen molar-refractivity contribution in [3.05, 3.63) is 41.5 Å². The number of hydrogen-bond donors (Lipinski definition) is 2.